The third kappa shape index (κ3) is 7.59. The fourth-order valence-electron chi connectivity index (χ4n) is 4.18. The Labute approximate surface area is 201 Å². The lowest BCUT2D eigenvalue weighted by Gasteiger charge is -2.34. The first kappa shape index (κ1) is 27.4. The third-order valence-corrected chi connectivity index (χ3v) is 7.47. The van der Waals surface area contributed by atoms with E-state index in [2.05, 4.69) is 11.1 Å². The first-order valence-corrected chi connectivity index (χ1v) is 12.7. The molecule has 7 heteroatoms. The van der Waals surface area contributed by atoms with Gasteiger partial charge in [-0.05, 0) is 50.7 Å². The minimum Gasteiger partial charge on any atom is -0.457 e. The highest BCUT2D eigenvalue weighted by Crippen LogP contribution is 2.32. The average molecular weight is 478 g/mol. The number of aliphatic hydroxyl groups is 2. The van der Waals surface area contributed by atoms with Crippen LogP contribution >= 0.6 is 11.3 Å². The summed E-state index contributed by atoms with van der Waals surface area (Å²) in [6.07, 6.45) is 6.28. The SMILES string of the molecule is C/C(=C\c1csc(C)n1)[C@H]1C/C=C\CCC[C@H](C)[C@@H](O)[C@@H](C)C(=O)C(C)(C)[C@@H](O)CC(=O)O1. The minimum absolute atomic E-state index is 0.0392. The molecule has 2 N–H and O–H groups in total. The molecule has 0 aromatic carbocycles. The zero-order chi connectivity index (χ0) is 24.8. The molecule has 0 saturated heterocycles. The van der Waals surface area contributed by atoms with Gasteiger partial charge >= 0.3 is 5.97 Å². The summed E-state index contributed by atoms with van der Waals surface area (Å²) in [4.78, 5) is 30.3. The van der Waals surface area contributed by atoms with Crippen molar-refractivity contribution in [3.63, 3.8) is 0 Å². The third-order valence-electron chi connectivity index (χ3n) is 6.68. The molecule has 6 nitrogen and oxygen atoms in total. The van der Waals surface area contributed by atoms with Crippen molar-refractivity contribution < 1.29 is 24.5 Å². The van der Waals surface area contributed by atoms with Crippen LogP contribution in [0.1, 0.15) is 77.4 Å². The molecule has 0 bridgehead atoms. The van der Waals surface area contributed by atoms with Crippen LogP contribution in [0.3, 0.4) is 0 Å². The summed E-state index contributed by atoms with van der Waals surface area (Å²) >= 11 is 1.56. The first-order valence-electron chi connectivity index (χ1n) is 11.8. The lowest BCUT2D eigenvalue weighted by atomic mass is 9.73. The quantitative estimate of drug-likeness (QED) is 0.466. The number of hydrogen-bond acceptors (Lipinski definition) is 7. The van der Waals surface area contributed by atoms with E-state index in [1.54, 1.807) is 32.1 Å². The van der Waals surface area contributed by atoms with Gasteiger partial charge in [-0.2, -0.15) is 0 Å². The lowest BCUT2D eigenvalue weighted by Crippen LogP contribution is -2.45. The average Bonchev–Trinajstić information content (AvgIpc) is 3.16. The number of aryl methyl sites for hydroxylation is 1. The molecular formula is C26H39NO5S. The van der Waals surface area contributed by atoms with Gasteiger partial charge in [0, 0.05) is 17.7 Å². The molecule has 5 atom stereocenters. The van der Waals surface area contributed by atoms with Gasteiger partial charge in [0.15, 0.2) is 0 Å². The van der Waals surface area contributed by atoms with E-state index in [1.807, 2.05) is 38.3 Å². The predicted molar refractivity (Wildman–Crippen MR) is 132 cm³/mol. The summed E-state index contributed by atoms with van der Waals surface area (Å²) in [5.41, 5.74) is 0.513. The number of ketones is 1. The monoisotopic (exact) mass is 477 g/mol. The number of carbonyl (C=O) groups excluding carboxylic acids is 2. The summed E-state index contributed by atoms with van der Waals surface area (Å²) in [5.74, 6) is -1.48. The van der Waals surface area contributed by atoms with Crippen LogP contribution in [0.25, 0.3) is 6.08 Å². The Morgan fingerprint density at radius 2 is 1.94 bits per heavy atom. The predicted octanol–water partition coefficient (Wildman–Crippen LogP) is 4.88. The fourth-order valence-corrected chi connectivity index (χ4v) is 4.75. The number of hydrogen-bond donors (Lipinski definition) is 2. The maximum Gasteiger partial charge on any atom is 0.309 e. The number of allylic oxidation sites excluding steroid dienone is 1. The van der Waals surface area contributed by atoms with Crippen LogP contribution < -0.4 is 0 Å². The number of ether oxygens (including phenoxy) is 1. The van der Waals surface area contributed by atoms with Crippen molar-refractivity contribution in [2.75, 3.05) is 0 Å². The van der Waals surface area contributed by atoms with Crippen LogP contribution in [-0.4, -0.2) is 45.3 Å². The van der Waals surface area contributed by atoms with Crippen LogP contribution in [0.2, 0.25) is 0 Å². The molecule has 0 fully saturated rings. The van der Waals surface area contributed by atoms with E-state index in [1.165, 1.54) is 0 Å². The molecule has 0 unspecified atom stereocenters. The Morgan fingerprint density at radius 1 is 1.24 bits per heavy atom. The Hall–Kier alpha value is -1.83. The molecule has 1 aromatic rings. The van der Waals surface area contributed by atoms with Gasteiger partial charge in [0.1, 0.15) is 11.9 Å². The smallest absolute Gasteiger partial charge is 0.309 e. The van der Waals surface area contributed by atoms with E-state index in [0.717, 1.165) is 35.5 Å². The molecule has 0 saturated carbocycles. The number of carbonyl (C=O) groups is 2. The van der Waals surface area contributed by atoms with Gasteiger partial charge in [0.25, 0.3) is 0 Å². The van der Waals surface area contributed by atoms with Gasteiger partial charge in [-0.25, -0.2) is 4.98 Å². The molecule has 0 aliphatic carbocycles. The molecular weight excluding hydrogens is 438 g/mol. The number of rotatable bonds is 2. The van der Waals surface area contributed by atoms with Gasteiger partial charge in [-0.3, -0.25) is 9.59 Å². The fraction of sp³-hybridized carbons (Fsp3) is 0.654. The number of aliphatic hydroxyl groups excluding tert-OH is 2. The highest BCUT2D eigenvalue weighted by Gasteiger charge is 2.42. The van der Waals surface area contributed by atoms with Crippen LogP contribution in [0.4, 0.5) is 0 Å². The zero-order valence-electron chi connectivity index (χ0n) is 20.7. The summed E-state index contributed by atoms with van der Waals surface area (Å²) in [6.45, 7) is 10.8. The van der Waals surface area contributed by atoms with Gasteiger partial charge in [-0.1, -0.05) is 39.8 Å². The standard InChI is InChI=1S/C26H39NO5S/c1-16-11-9-7-8-10-12-21(17(2)13-20-15-33-19(4)27-20)32-23(29)14-22(28)26(5,6)25(31)18(3)24(16)30/h8,10,13,15-16,18,21-22,24,28,30H,7,9,11-12,14H2,1-6H3/b10-8-,17-13+/t16-,18+,21+,22-,24+/m0/s1. The van der Waals surface area contributed by atoms with Crippen LogP contribution in [0, 0.1) is 24.2 Å². The largest absolute Gasteiger partial charge is 0.457 e. The van der Waals surface area contributed by atoms with Gasteiger partial charge in [0.2, 0.25) is 0 Å². The number of thiazole rings is 1. The molecule has 2 rings (SSSR count). The maximum atomic E-state index is 13.1. The maximum absolute atomic E-state index is 13.1. The van der Waals surface area contributed by atoms with Crippen molar-refractivity contribution in [3.05, 3.63) is 33.8 Å². The Kier molecular flexibility index (Phi) is 10.0. The topological polar surface area (TPSA) is 96.7 Å². The van der Waals surface area contributed by atoms with Crippen molar-refractivity contribution >= 4 is 29.2 Å². The molecule has 1 aliphatic rings. The molecule has 0 amide bonds. The van der Waals surface area contributed by atoms with E-state index in [9.17, 15) is 19.8 Å². The number of nitrogens with zero attached hydrogens (tertiary/aromatic N) is 1. The second kappa shape index (κ2) is 12.0. The molecule has 1 aromatic heterocycles. The number of aromatic nitrogens is 1. The van der Waals surface area contributed by atoms with Gasteiger partial charge < -0.3 is 14.9 Å². The van der Waals surface area contributed by atoms with Crippen LogP contribution in [-0.2, 0) is 14.3 Å². The summed E-state index contributed by atoms with van der Waals surface area (Å²) < 4.78 is 5.75. The second-order valence-electron chi connectivity index (χ2n) is 9.86. The highest BCUT2D eigenvalue weighted by atomic mass is 32.1. The molecule has 1 aliphatic heterocycles. The van der Waals surface area contributed by atoms with Gasteiger partial charge in [-0.15, -0.1) is 11.3 Å². The lowest BCUT2D eigenvalue weighted by molar-refractivity contribution is -0.154. The van der Waals surface area contributed by atoms with E-state index >= 15 is 0 Å². The van der Waals surface area contributed by atoms with Crippen molar-refractivity contribution in [1.29, 1.82) is 0 Å². The summed E-state index contributed by atoms with van der Waals surface area (Å²) in [7, 11) is 0. The normalized spacial score (nSPS) is 31.8. The molecule has 0 spiro atoms. The summed E-state index contributed by atoms with van der Waals surface area (Å²) in [6, 6.07) is 0. The first-order chi connectivity index (χ1) is 15.4. The Balaban J connectivity index is 2.27. The summed E-state index contributed by atoms with van der Waals surface area (Å²) in [5, 5.41) is 24.4. The zero-order valence-corrected chi connectivity index (χ0v) is 21.5. The molecule has 33 heavy (non-hydrogen) atoms. The van der Waals surface area contributed by atoms with E-state index in [4.69, 9.17) is 4.74 Å². The Morgan fingerprint density at radius 3 is 2.58 bits per heavy atom. The van der Waals surface area contributed by atoms with Gasteiger partial charge in [0.05, 0.1) is 34.7 Å². The highest BCUT2D eigenvalue weighted by molar-refractivity contribution is 7.09. The second-order valence-corrected chi connectivity index (χ2v) is 10.9. The van der Waals surface area contributed by atoms with Crippen LogP contribution in [0.5, 0.6) is 0 Å². The molecule has 2 heterocycles. The van der Waals surface area contributed by atoms with Crippen molar-refractivity contribution in [3.8, 4) is 0 Å². The van der Waals surface area contributed by atoms with Crippen LogP contribution in [0.15, 0.2) is 23.1 Å². The molecule has 184 valence electrons. The number of cyclic esters (lactones) is 1. The van der Waals surface area contributed by atoms with E-state index < -0.39 is 35.6 Å². The van der Waals surface area contributed by atoms with Crippen molar-refractivity contribution in [1.82, 2.24) is 4.98 Å². The van der Waals surface area contributed by atoms with E-state index in [-0.39, 0.29) is 18.1 Å². The number of Topliss-reactive ketones (excluding diaryl/α,β-unsaturated/α-hetero) is 1. The molecule has 0 radical (unpaired) electrons. The van der Waals surface area contributed by atoms with Crippen molar-refractivity contribution in [2.45, 2.75) is 92.0 Å². The Bertz CT molecular complexity index is 872. The van der Waals surface area contributed by atoms with Crippen molar-refractivity contribution in [2.24, 2.45) is 17.3 Å². The number of esters is 1. The van der Waals surface area contributed by atoms with E-state index in [0.29, 0.717) is 6.42 Å². The minimum atomic E-state index is -1.21.